The molecule has 0 fully saturated rings. The normalized spacial score (nSPS) is 11.1. The van der Waals surface area contributed by atoms with Gasteiger partial charge in [-0.25, -0.2) is 4.79 Å². The van der Waals surface area contributed by atoms with Gasteiger partial charge in [0.15, 0.2) is 8.25 Å². The Morgan fingerprint density at radius 2 is 2.18 bits per heavy atom. The summed E-state index contributed by atoms with van der Waals surface area (Å²) in [4.78, 5) is 19.9. The van der Waals surface area contributed by atoms with Gasteiger partial charge in [0.05, 0.1) is 6.61 Å². The Kier molecular flexibility index (Phi) is 10.1. The molecule has 0 aliphatic rings. The van der Waals surface area contributed by atoms with Crippen LogP contribution in [0.2, 0.25) is 0 Å². The maximum absolute atomic E-state index is 10.2. The third kappa shape index (κ3) is 10.1. The van der Waals surface area contributed by atoms with Crippen molar-refractivity contribution in [3.05, 3.63) is 0 Å². The van der Waals surface area contributed by atoms with Crippen LogP contribution in [0.4, 0.5) is 4.79 Å². The van der Waals surface area contributed by atoms with Gasteiger partial charge in [-0.15, -0.1) is 0 Å². The summed E-state index contributed by atoms with van der Waals surface area (Å²) in [6.07, 6.45) is -0.518. The van der Waals surface area contributed by atoms with Gasteiger partial charge >= 0.3 is 25.0 Å². The van der Waals surface area contributed by atoms with E-state index in [1.54, 1.807) is 6.92 Å². The number of hydrogen-bond acceptors (Lipinski definition) is 5. The van der Waals surface area contributed by atoms with Crippen molar-refractivity contribution in [3.63, 3.8) is 0 Å². The minimum atomic E-state index is -3.44. The maximum Gasteiger partial charge on any atom is 1.00 e. The third-order valence-electron chi connectivity index (χ3n) is 0.591. The second-order valence-electron chi connectivity index (χ2n) is 1.45. The maximum atomic E-state index is 10.2. The van der Waals surface area contributed by atoms with E-state index in [-0.39, 0.29) is 25.5 Å². The molecular formula is C4H8LiO5P. The van der Waals surface area contributed by atoms with Crippen molar-refractivity contribution >= 4 is 14.4 Å². The van der Waals surface area contributed by atoms with Crippen LogP contribution in [0.1, 0.15) is 13.3 Å². The van der Waals surface area contributed by atoms with Crippen LogP contribution >= 0.6 is 8.25 Å². The SMILES string of the molecule is CCCOC(=O)O[PH](=O)[O-].[Li+]. The molecule has 0 saturated heterocycles. The molecule has 60 valence electrons. The summed E-state index contributed by atoms with van der Waals surface area (Å²) in [6, 6.07) is 0. The van der Waals surface area contributed by atoms with E-state index in [0.717, 1.165) is 0 Å². The summed E-state index contributed by atoms with van der Waals surface area (Å²) >= 11 is 0. The van der Waals surface area contributed by atoms with Crippen molar-refractivity contribution in [3.8, 4) is 0 Å². The topological polar surface area (TPSA) is 75.7 Å². The van der Waals surface area contributed by atoms with Crippen LogP contribution in [-0.4, -0.2) is 12.8 Å². The Hall–Kier alpha value is 0.0574. The minimum Gasteiger partial charge on any atom is -0.771 e. The summed E-state index contributed by atoms with van der Waals surface area (Å²) in [5.41, 5.74) is 0. The van der Waals surface area contributed by atoms with Crippen LogP contribution in [0.15, 0.2) is 0 Å². The zero-order valence-corrected chi connectivity index (χ0v) is 7.46. The van der Waals surface area contributed by atoms with E-state index in [1.807, 2.05) is 0 Å². The Morgan fingerprint density at radius 3 is 2.55 bits per heavy atom. The molecule has 11 heavy (non-hydrogen) atoms. The molecule has 0 aromatic carbocycles. The number of ether oxygens (including phenoxy) is 1. The molecule has 0 aliphatic carbocycles. The van der Waals surface area contributed by atoms with Crippen LogP contribution in [0, 0.1) is 0 Å². The molecule has 0 aliphatic heterocycles. The predicted molar refractivity (Wildman–Crippen MR) is 31.7 cm³/mol. The third-order valence-corrected chi connectivity index (χ3v) is 0.924. The smallest absolute Gasteiger partial charge is 0.771 e. The zero-order chi connectivity index (χ0) is 7.98. The molecule has 5 nitrogen and oxygen atoms in total. The molecule has 0 heterocycles. The molecular weight excluding hydrogens is 166 g/mol. The van der Waals surface area contributed by atoms with Crippen molar-refractivity contribution in [2.75, 3.05) is 6.61 Å². The average Bonchev–Trinajstić information content (AvgIpc) is 1.82. The molecule has 0 saturated carbocycles. The minimum absolute atomic E-state index is 0. The van der Waals surface area contributed by atoms with Gasteiger partial charge in [-0.2, -0.15) is 0 Å². The van der Waals surface area contributed by atoms with Gasteiger partial charge in [0, 0.05) is 0 Å². The summed E-state index contributed by atoms with van der Waals surface area (Å²) < 4.78 is 17.7. The summed E-state index contributed by atoms with van der Waals surface area (Å²) in [5, 5.41) is 0. The summed E-state index contributed by atoms with van der Waals surface area (Å²) in [6.45, 7) is 1.96. The van der Waals surface area contributed by atoms with Crippen LogP contribution < -0.4 is 23.8 Å². The fraction of sp³-hybridized carbons (Fsp3) is 0.750. The Bertz CT molecular complexity index is 138. The van der Waals surface area contributed by atoms with E-state index in [4.69, 9.17) is 0 Å². The second kappa shape index (κ2) is 8.16. The molecule has 7 heteroatoms. The fourth-order valence-corrected chi connectivity index (χ4v) is 0.478. The Morgan fingerprint density at radius 1 is 1.64 bits per heavy atom. The first-order valence-electron chi connectivity index (χ1n) is 2.72. The number of hydrogen-bond donors (Lipinski definition) is 0. The Balaban J connectivity index is 0. The molecule has 0 rings (SSSR count). The van der Waals surface area contributed by atoms with Gasteiger partial charge in [-0.05, 0) is 6.42 Å². The summed E-state index contributed by atoms with van der Waals surface area (Å²) in [7, 11) is -3.44. The van der Waals surface area contributed by atoms with Crippen molar-refractivity contribution < 1.29 is 42.4 Å². The van der Waals surface area contributed by atoms with Crippen molar-refractivity contribution in [1.29, 1.82) is 0 Å². The van der Waals surface area contributed by atoms with Crippen LogP contribution in [0.3, 0.4) is 0 Å². The monoisotopic (exact) mass is 174 g/mol. The van der Waals surface area contributed by atoms with Gasteiger partial charge < -0.3 is 14.2 Å². The Labute approximate surface area is 77.2 Å². The van der Waals surface area contributed by atoms with Crippen LogP contribution in [-0.2, 0) is 13.8 Å². The molecule has 0 aromatic heterocycles. The van der Waals surface area contributed by atoms with E-state index < -0.39 is 14.4 Å². The number of carbonyl (C=O) groups is 1. The largest absolute Gasteiger partial charge is 1.00 e. The van der Waals surface area contributed by atoms with Gasteiger partial charge in [-0.3, -0.25) is 4.57 Å². The number of rotatable bonds is 3. The van der Waals surface area contributed by atoms with E-state index in [9.17, 15) is 14.3 Å². The standard InChI is InChI=1S/C4H9O5P.Li/c1-2-3-8-4(5)9-10(6)7;/h10H,2-3H2,1H3,(H,6,7);/q;+1/p-1. The molecule has 1 unspecified atom stereocenters. The molecule has 0 radical (unpaired) electrons. The van der Waals surface area contributed by atoms with Gasteiger partial charge in [0.2, 0.25) is 0 Å². The van der Waals surface area contributed by atoms with Crippen LogP contribution in [0.5, 0.6) is 0 Å². The van der Waals surface area contributed by atoms with E-state index in [2.05, 4.69) is 9.26 Å². The van der Waals surface area contributed by atoms with Gasteiger partial charge in [0.25, 0.3) is 0 Å². The first kappa shape index (κ1) is 13.6. The van der Waals surface area contributed by atoms with E-state index in [0.29, 0.717) is 6.42 Å². The molecule has 0 aromatic rings. The number of carbonyl (C=O) groups excluding carboxylic acids is 1. The predicted octanol–water partition coefficient (Wildman–Crippen LogP) is -2.70. The zero-order valence-electron chi connectivity index (χ0n) is 6.46. The fourth-order valence-electron chi connectivity index (χ4n) is 0.283. The second-order valence-corrected chi connectivity index (χ2v) is 2.15. The van der Waals surface area contributed by atoms with Crippen molar-refractivity contribution in [1.82, 2.24) is 0 Å². The first-order chi connectivity index (χ1) is 4.66. The molecule has 0 amide bonds. The van der Waals surface area contributed by atoms with Crippen molar-refractivity contribution in [2.45, 2.75) is 13.3 Å². The molecule has 0 spiro atoms. The molecule has 1 atom stereocenters. The van der Waals surface area contributed by atoms with Crippen molar-refractivity contribution in [2.24, 2.45) is 0 Å². The quantitative estimate of drug-likeness (QED) is 0.264. The van der Waals surface area contributed by atoms with Crippen LogP contribution in [0.25, 0.3) is 0 Å². The average molecular weight is 174 g/mol. The first-order valence-corrected chi connectivity index (χ1v) is 3.95. The van der Waals surface area contributed by atoms with Gasteiger partial charge in [-0.1, -0.05) is 6.92 Å². The molecule has 0 bridgehead atoms. The van der Waals surface area contributed by atoms with E-state index >= 15 is 0 Å². The van der Waals surface area contributed by atoms with Gasteiger partial charge in [0.1, 0.15) is 0 Å². The molecule has 0 N–H and O–H groups in total. The van der Waals surface area contributed by atoms with E-state index in [1.165, 1.54) is 0 Å². The summed E-state index contributed by atoms with van der Waals surface area (Å²) in [5.74, 6) is 0.